The molecule has 0 saturated carbocycles. The summed E-state index contributed by atoms with van der Waals surface area (Å²) >= 11 is 3.13. The van der Waals surface area contributed by atoms with Gasteiger partial charge in [0, 0.05) is 13.1 Å². The number of amides is 1. The third-order valence-electron chi connectivity index (χ3n) is 2.43. The number of alkyl halides is 1. The fraction of sp³-hybridized carbons (Fsp3) is 0.889. The van der Waals surface area contributed by atoms with Gasteiger partial charge in [-0.05, 0) is 32.4 Å². The van der Waals surface area contributed by atoms with Gasteiger partial charge in [0.1, 0.15) is 0 Å². The highest BCUT2D eigenvalue weighted by molar-refractivity contribution is 9.09. The minimum Gasteiger partial charge on any atom is -0.355 e. The normalized spacial score (nSPS) is 24.3. The summed E-state index contributed by atoms with van der Waals surface area (Å²) in [6, 6.07) is 0. The number of hydrogen-bond acceptors (Lipinski definition) is 2. The first kappa shape index (κ1) is 11.0. The van der Waals surface area contributed by atoms with E-state index in [0.29, 0.717) is 11.2 Å². The highest BCUT2D eigenvalue weighted by Gasteiger charge is 2.17. The van der Waals surface area contributed by atoms with E-state index in [1.54, 1.807) is 0 Å². The minimum absolute atomic E-state index is 0.0910. The third-order valence-corrected chi connectivity index (χ3v) is 2.94. The van der Waals surface area contributed by atoms with Gasteiger partial charge in [-0.2, -0.15) is 0 Å². The first-order valence-corrected chi connectivity index (χ1v) is 5.85. The molecule has 0 bridgehead atoms. The van der Waals surface area contributed by atoms with Crippen molar-refractivity contribution in [3.63, 3.8) is 0 Å². The Labute approximate surface area is 88.0 Å². The lowest BCUT2D eigenvalue weighted by molar-refractivity contribution is -0.118. The van der Waals surface area contributed by atoms with Crippen LogP contribution in [0.25, 0.3) is 0 Å². The molecule has 1 saturated heterocycles. The molecule has 0 aromatic carbocycles. The van der Waals surface area contributed by atoms with Gasteiger partial charge in [0.2, 0.25) is 5.91 Å². The summed E-state index contributed by atoms with van der Waals surface area (Å²) in [6.45, 7) is 3.14. The Bertz CT molecular complexity index is 175. The summed E-state index contributed by atoms with van der Waals surface area (Å²) in [5, 5.41) is 3.32. The fourth-order valence-electron chi connectivity index (χ4n) is 1.75. The monoisotopic (exact) mass is 248 g/mol. The molecular weight excluding hydrogens is 232 g/mol. The Morgan fingerprint density at radius 3 is 3.08 bits per heavy atom. The molecule has 0 radical (unpaired) electrons. The van der Waals surface area contributed by atoms with E-state index >= 15 is 0 Å². The molecule has 1 N–H and O–H groups in total. The van der Waals surface area contributed by atoms with E-state index < -0.39 is 0 Å². The molecule has 4 heteroatoms. The quantitative estimate of drug-likeness (QED) is 0.752. The Morgan fingerprint density at radius 1 is 1.69 bits per heavy atom. The number of hydrogen-bond donors (Lipinski definition) is 1. The number of nitrogens with zero attached hydrogens (tertiary/aromatic N) is 1. The molecule has 1 amide bonds. The number of rotatable bonds is 3. The second kappa shape index (κ2) is 5.60. The van der Waals surface area contributed by atoms with Crippen LogP contribution < -0.4 is 5.32 Å². The zero-order valence-corrected chi connectivity index (χ0v) is 9.64. The van der Waals surface area contributed by atoms with E-state index in [0.717, 1.165) is 13.1 Å². The number of likely N-dealkylation sites (tertiary alicyclic amines) is 1. The van der Waals surface area contributed by atoms with Gasteiger partial charge >= 0.3 is 0 Å². The molecule has 1 atom stereocenters. The Morgan fingerprint density at radius 2 is 2.46 bits per heavy atom. The summed E-state index contributed by atoms with van der Waals surface area (Å²) in [5.41, 5.74) is 0. The van der Waals surface area contributed by atoms with Crippen molar-refractivity contribution in [1.29, 1.82) is 0 Å². The number of nitrogens with one attached hydrogen (secondary N) is 1. The number of carbonyl (C=O) groups is 1. The van der Waals surface area contributed by atoms with Crippen LogP contribution in [-0.2, 0) is 4.79 Å². The molecule has 1 aliphatic rings. The smallest absolute Gasteiger partial charge is 0.230 e. The average Bonchev–Trinajstić information content (AvgIpc) is 2.14. The molecule has 1 heterocycles. The van der Waals surface area contributed by atoms with Crippen LogP contribution in [0.5, 0.6) is 0 Å². The first-order valence-electron chi connectivity index (χ1n) is 4.73. The van der Waals surface area contributed by atoms with Crippen LogP contribution in [0.4, 0.5) is 0 Å². The van der Waals surface area contributed by atoms with E-state index in [9.17, 15) is 4.79 Å². The minimum atomic E-state index is 0.0910. The maximum atomic E-state index is 11.0. The third kappa shape index (κ3) is 4.09. The number of halogens is 1. The maximum absolute atomic E-state index is 11.0. The molecule has 0 aromatic rings. The second-order valence-electron chi connectivity index (χ2n) is 3.71. The van der Waals surface area contributed by atoms with E-state index in [1.807, 2.05) is 0 Å². The molecule has 0 spiro atoms. The van der Waals surface area contributed by atoms with Crippen molar-refractivity contribution in [2.24, 2.45) is 5.92 Å². The summed E-state index contributed by atoms with van der Waals surface area (Å²) in [6.07, 6.45) is 2.50. The summed E-state index contributed by atoms with van der Waals surface area (Å²) < 4.78 is 0. The first-order chi connectivity index (χ1) is 6.22. The molecule has 0 aromatic heterocycles. The average molecular weight is 249 g/mol. The Balaban J connectivity index is 2.17. The van der Waals surface area contributed by atoms with Crippen LogP contribution in [0.2, 0.25) is 0 Å². The predicted octanol–water partition coefficient (Wildman–Crippen LogP) is 0.839. The van der Waals surface area contributed by atoms with Gasteiger partial charge in [-0.3, -0.25) is 4.79 Å². The number of piperidine rings is 1. The van der Waals surface area contributed by atoms with Crippen molar-refractivity contribution < 1.29 is 4.79 Å². The molecular formula is C9H17BrN2O. The molecule has 76 valence electrons. The van der Waals surface area contributed by atoms with Crippen LogP contribution in [0.15, 0.2) is 0 Å². The Kier molecular flexibility index (Phi) is 4.73. The highest BCUT2D eigenvalue weighted by atomic mass is 79.9. The fourth-order valence-corrected chi connectivity index (χ4v) is 1.94. The number of carbonyl (C=O) groups excluding carboxylic acids is 1. The second-order valence-corrected chi connectivity index (χ2v) is 4.27. The van der Waals surface area contributed by atoms with Crippen molar-refractivity contribution in [1.82, 2.24) is 10.2 Å². The lowest BCUT2D eigenvalue weighted by atomic mass is 9.98. The summed E-state index contributed by atoms with van der Waals surface area (Å²) in [7, 11) is 2.14. The Hall–Kier alpha value is -0.0900. The molecule has 13 heavy (non-hydrogen) atoms. The van der Waals surface area contributed by atoms with Crippen molar-refractivity contribution in [3.05, 3.63) is 0 Å². The molecule has 1 unspecified atom stereocenters. The van der Waals surface area contributed by atoms with E-state index in [-0.39, 0.29) is 5.91 Å². The van der Waals surface area contributed by atoms with E-state index in [1.165, 1.54) is 19.4 Å². The maximum Gasteiger partial charge on any atom is 0.230 e. The topological polar surface area (TPSA) is 32.3 Å². The van der Waals surface area contributed by atoms with Gasteiger partial charge < -0.3 is 10.2 Å². The SMILES string of the molecule is CN1CCCC(CNC(=O)CBr)C1. The van der Waals surface area contributed by atoms with Gasteiger partial charge in [-0.25, -0.2) is 0 Å². The van der Waals surface area contributed by atoms with Gasteiger partial charge in [0.25, 0.3) is 0 Å². The standard InChI is InChI=1S/C9H17BrN2O/c1-12-4-2-3-8(7-12)6-11-9(13)5-10/h8H,2-7H2,1H3,(H,11,13). The van der Waals surface area contributed by atoms with Crippen LogP contribution in [0.1, 0.15) is 12.8 Å². The van der Waals surface area contributed by atoms with Gasteiger partial charge in [0.05, 0.1) is 5.33 Å². The van der Waals surface area contributed by atoms with Crippen molar-refractivity contribution in [3.8, 4) is 0 Å². The van der Waals surface area contributed by atoms with Gasteiger partial charge in [0.15, 0.2) is 0 Å². The van der Waals surface area contributed by atoms with Crippen LogP contribution in [0.3, 0.4) is 0 Å². The highest BCUT2D eigenvalue weighted by Crippen LogP contribution is 2.13. The molecule has 1 rings (SSSR count). The summed E-state index contributed by atoms with van der Waals surface area (Å²) in [5.74, 6) is 0.731. The van der Waals surface area contributed by atoms with Crippen molar-refractivity contribution in [2.45, 2.75) is 12.8 Å². The van der Waals surface area contributed by atoms with Crippen molar-refractivity contribution >= 4 is 21.8 Å². The summed E-state index contributed by atoms with van der Waals surface area (Å²) in [4.78, 5) is 13.3. The van der Waals surface area contributed by atoms with Gasteiger partial charge in [-0.15, -0.1) is 0 Å². The van der Waals surface area contributed by atoms with E-state index in [2.05, 4.69) is 33.2 Å². The molecule has 1 aliphatic heterocycles. The zero-order chi connectivity index (χ0) is 9.68. The molecule has 1 fully saturated rings. The lowest BCUT2D eigenvalue weighted by Gasteiger charge is -2.29. The molecule has 0 aliphatic carbocycles. The van der Waals surface area contributed by atoms with Crippen LogP contribution in [-0.4, -0.2) is 42.8 Å². The van der Waals surface area contributed by atoms with E-state index in [4.69, 9.17) is 0 Å². The zero-order valence-electron chi connectivity index (χ0n) is 8.05. The predicted molar refractivity (Wildman–Crippen MR) is 57.0 cm³/mol. The van der Waals surface area contributed by atoms with Crippen LogP contribution >= 0.6 is 15.9 Å². The molecule has 3 nitrogen and oxygen atoms in total. The van der Waals surface area contributed by atoms with Crippen LogP contribution in [0, 0.1) is 5.92 Å². The van der Waals surface area contributed by atoms with Crippen molar-refractivity contribution in [2.75, 3.05) is 32.0 Å². The van der Waals surface area contributed by atoms with Gasteiger partial charge in [-0.1, -0.05) is 15.9 Å². The lowest BCUT2D eigenvalue weighted by Crippen LogP contribution is -2.39. The largest absolute Gasteiger partial charge is 0.355 e.